The average Bonchev–Trinajstić information content (AvgIpc) is 2.68. The molecule has 1 fully saturated rings. The number of fused-ring (bicyclic) bond motifs is 1. The Bertz CT molecular complexity index is 674. The van der Waals surface area contributed by atoms with Crippen LogP contribution in [0.1, 0.15) is 25.3 Å². The van der Waals surface area contributed by atoms with Crippen LogP contribution in [0.2, 0.25) is 0 Å². The van der Waals surface area contributed by atoms with Gasteiger partial charge >= 0.3 is 4.87 Å². The molecular formula is C17H26ClN3OS. The lowest BCUT2D eigenvalue weighted by Crippen LogP contribution is -2.32. The van der Waals surface area contributed by atoms with E-state index >= 15 is 0 Å². The molecule has 1 aromatic heterocycles. The van der Waals surface area contributed by atoms with Gasteiger partial charge in [0.2, 0.25) is 0 Å². The van der Waals surface area contributed by atoms with E-state index in [0.717, 1.165) is 62.3 Å². The summed E-state index contributed by atoms with van der Waals surface area (Å²) in [6.45, 7) is 8.32. The highest BCUT2D eigenvalue weighted by atomic mass is 35.5. The number of thiazole rings is 1. The van der Waals surface area contributed by atoms with E-state index in [1.807, 2.05) is 4.57 Å². The first-order chi connectivity index (χ1) is 10.8. The van der Waals surface area contributed by atoms with E-state index in [2.05, 4.69) is 35.3 Å². The molecule has 1 aliphatic heterocycles. The van der Waals surface area contributed by atoms with E-state index in [9.17, 15) is 4.79 Å². The van der Waals surface area contributed by atoms with Crippen molar-refractivity contribution in [2.75, 3.05) is 32.7 Å². The molecule has 0 amide bonds. The maximum atomic E-state index is 12.3. The summed E-state index contributed by atoms with van der Waals surface area (Å²) >= 11 is 1.39. The SMILES string of the molecule is CCCc1ccc2c(c1)sc(=O)n2CCN1CCCNCC1.Cl. The molecular weight excluding hydrogens is 330 g/mol. The summed E-state index contributed by atoms with van der Waals surface area (Å²) < 4.78 is 3.09. The number of aromatic nitrogens is 1. The monoisotopic (exact) mass is 355 g/mol. The van der Waals surface area contributed by atoms with Gasteiger partial charge in [0.15, 0.2) is 0 Å². The molecule has 0 radical (unpaired) electrons. The summed E-state index contributed by atoms with van der Waals surface area (Å²) in [4.78, 5) is 14.9. The van der Waals surface area contributed by atoms with Gasteiger partial charge in [0, 0.05) is 26.2 Å². The van der Waals surface area contributed by atoms with Crippen molar-refractivity contribution in [3.63, 3.8) is 0 Å². The predicted molar refractivity (Wildman–Crippen MR) is 101 cm³/mol. The number of nitrogens with one attached hydrogen (secondary N) is 1. The zero-order chi connectivity index (χ0) is 15.4. The fourth-order valence-electron chi connectivity index (χ4n) is 3.13. The van der Waals surface area contributed by atoms with Gasteiger partial charge in [-0.1, -0.05) is 30.7 Å². The van der Waals surface area contributed by atoms with Gasteiger partial charge in [0.05, 0.1) is 10.2 Å². The van der Waals surface area contributed by atoms with Crippen LogP contribution >= 0.6 is 23.7 Å². The van der Waals surface area contributed by atoms with E-state index in [0.29, 0.717) is 0 Å². The first kappa shape index (κ1) is 18.5. The van der Waals surface area contributed by atoms with E-state index in [1.54, 1.807) is 0 Å². The van der Waals surface area contributed by atoms with E-state index < -0.39 is 0 Å². The van der Waals surface area contributed by atoms with Crippen LogP contribution in [0.4, 0.5) is 0 Å². The summed E-state index contributed by atoms with van der Waals surface area (Å²) in [5, 5.41) is 3.42. The molecule has 2 heterocycles. The molecule has 6 heteroatoms. The molecule has 0 aliphatic carbocycles. The second-order valence-electron chi connectivity index (χ2n) is 6.02. The number of halogens is 1. The Kier molecular flexibility index (Phi) is 7.09. The molecule has 1 N–H and O–H groups in total. The highest BCUT2D eigenvalue weighted by Gasteiger charge is 2.12. The number of benzene rings is 1. The van der Waals surface area contributed by atoms with Crippen molar-refractivity contribution in [1.82, 2.24) is 14.8 Å². The minimum Gasteiger partial charge on any atom is -0.315 e. The van der Waals surface area contributed by atoms with E-state index in [-0.39, 0.29) is 17.3 Å². The Morgan fingerprint density at radius 2 is 2.09 bits per heavy atom. The molecule has 1 aromatic carbocycles. The second kappa shape index (κ2) is 8.83. The molecule has 23 heavy (non-hydrogen) atoms. The quantitative estimate of drug-likeness (QED) is 0.896. The molecule has 3 rings (SSSR count). The average molecular weight is 356 g/mol. The predicted octanol–water partition coefficient (Wildman–Crippen LogP) is 2.73. The fraction of sp³-hybridized carbons (Fsp3) is 0.588. The van der Waals surface area contributed by atoms with Crippen LogP contribution in [0.5, 0.6) is 0 Å². The van der Waals surface area contributed by atoms with Crippen LogP contribution in [-0.2, 0) is 13.0 Å². The second-order valence-corrected chi connectivity index (χ2v) is 7.01. The minimum absolute atomic E-state index is 0. The van der Waals surface area contributed by atoms with Crippen LogP contribution in [0.3, 0.4) is 0 Å². The van der Waals surface area contributed by atoms with Gasteiger partial charge in [-0.2, -0.15) is 0 Å². The van der Waals surface area contributed by atoms with Gasteiger partial charge in [-0.25, -0.2) is 0 Å². The normalized spacial score (nSPS) is 16.2. The van der Waals surface area contributed by atoms with Crippen molar-refractivity contribution in [2.24, 2.45) is 0 Å². The zero-order valence-electron chi connectivity index (χ0n) is 13.7. The Morgan fingerprint density at radius 1 is 1.22 bits per heavy atom. The van der Waals surface area contributed by atoms with Crippen molar-refractivity contribution in [1.29, 1.82) is 0 Å². The molecule has 128 valence electrons. The molecule has 2 aromatic rings. The Hall–Kier alpha value is -0.880. The summed E-state index contributed by atoms with van der Waals surface area (Å²) in [6.07, 6.45) is 3.42. The number of hydrogen-bond donors (Lipinski definition) is 1. The molecule has 1 saturated heterocycles. The summed E-state index contributed by atoms with van der Waals surface area (Å²) in [7, 11) is 0. The maximum Gasteiger partial charge on any atom is 0.308 e. The Labute approximate surface area is 147 Å². The van der Waals surface area contributed by atoms with Crippen LogP contribution in [0.15, 0.2) is 23.0 Å². The molecule has 0 saturated carbocycles. The van der Waals surface area contributed by atoms with E-state index in [1.165, 1.54) is 23.3 Å². The molecule has 0 bridgehead atoms. The van der Waals surface area contributed by atoms with Crippen molar-refractivity contribution < 1.29 is 0 Å². The molecule has 1 aliphatic rings. The minimum atomic E-state index is 0. The zero-order valence-corrected chi connectivity index (χ0v) is 15.3. The van der Waals surface area contributed by atoms with Crippen LogP contribution in [0, 0.1) is 0 Å². The molecule has 0 unspecified atom stereocenters. The van der Waals surface area contributed by atoms with Crippen molar-refractivity contribution in [3.8, 4) is 0 Å². The third-order valence-corrected chi connectivity index (χ3v) is 5.29. The van der Waals surface area contributed by atoms with Crippen molar-refractivity contribution >= 4 is 34.0 Å². The van der Waals surface area contributed by atoms with Crippen molar-refractivity contribution in [2.45, 2.75) is 32.7 Å². The highest BCUT2D eigenvalue weighted by molar-refractivity contribution is 7.16. The molecule has 0 atom stereocenters. The smallest absolute Gasteiger partial charge is 0.308 e. The summed E-state index contributed by atoms with van der Waals surface area (Å²) in [6, 6.07) is 6.49. The van der Waals surface area contributed by atoms with Gasteiger partial charge in [-0.15, -0.1) is 12.4 Å². The van der Waals surface area contributed by atoms with Crippen LogP contribution < -0.4 is 10.2 Å². The first-order valence-corrected chi connectivity index (χ1v) is 9.15. The molecule has 4 nitrogen and oxygen atoms in total. The third kappa shape index (κ3) is 4.57. The fourth-order valence-corrected chi connectivity index (χ4v) is 4.11. The number of aryl methyl sites for hydroxylation is 1. The number of hydrogen-bond acceptors (Lipinski definition) is 4. The van der Waals surface area contributed by atoms with Gasteiger partial charge in [0.25, 0.3) is 0 Å². The highest BCUT2D eigenvalue weighted by Crippen LogP contribution is 2.20. The molecule has 0 spiro atoms. The van der Waals surface area contributed by atoms with Gasteiger partial charge in [-0.3, -0.25) is 9.36 Å². The van der Waals surface area contributed by atoms with Crippen LogP contribution in [0.25, 0.3) is 10.2 Å². The number of rotatable bonds is 5. The Morgan fingerprint density at radius 3 is 2.91 bits per heavy atom. The lowest BCUT2D eigenvalue weighted by molar-refractivity contribution is 0.281. The number of nitrogens with zero attached hydrogens (tertiary/aromatic N) is 2. The summed E-state index contributed by atoms with van der Waals surface area (Å²) in [5.41, 5.74) is 2.43. The van der Waals surface area contributed by atoms with Gasteiger partial charge in [-0.05, 0) is 43.6 Å². The van der Waals surface area contributed by atoms with Gasteiger partial charge < -0.3 is 10.2 Å². The topological polar surface area (TPSA) is 37.3 Å². The lowest BCUT2D eigenvalue weighted by Gasteiger charge is -2.19. The van der Waals surface area contributed by atoms with Crippen LogP contribution in [-0.4, -0.2) is 42.2 Å². The van der Waals surface area contributed by atoms with E-state index in [4.69, 9.17) is 0 Å². The maximum absolute atomic E-state index is 12.3. The lowest BCUT2D eigenvalue weighted by atomic mass is 10.1. The van der Waals surface area contributed by atoms with Crippen molar-refractivity contribution in [3.05, 3.63) is 33.4 Å². The third-order valence-electron chi connectivity index (χ3n) is 4.34. The summed E-state index contributed by atoms with van der Waals surface area (Å²) in [5.74, 6) is 0. The largest absolute Gasteiger partial charge is 0.315 e. The standard InChI is InChI=1S/C17H25N3OS.ClH/c1-2-4-14-5-6-15-16(13-14)22-17(21)20(15)12-11-19-9-3-7-18-8-10-19;/h5-6,13,18H,2-4,7-12H2,1H3;1H. The van der Waals surface area contributed by atoms with Gasteiger partial charge in [0.1, 0.15) is 0 Å². The first-order valence-electron chi connectivity index (χ1n) is 8.33. The Balaban J connectivity index is 0.00000192.